The van der Waals surface area contributed by atoms with Crippen LogP contribution < -0.4 is 5.73 Å². The summed E-state index contributed by atoms with van der Waals surface area (Å²) in [6.45, 7) is 9.26. The number of hydrogen-bond acceptors (Lipinski definition) is 2. The molecule has 0 aromatic heterocycles. The molecule has 0 radical (unpaired) electrons. The Morgan fingerprint density at radius 1 is 1.07 bits per heavy atom. The van der Waals surface area contributed by atoms with Gasteiger partial charge in [0.2, 0.25) is 0 Å². The maximum Gasteiger partial charge on any atom is 0.0611 e. The third-order valence-corrected chi connectivity index (χ3v) is 3.37. The fourth-order valence-electron chi connectivity index (χ4n) is 2.38. The van der Waals surface area contributed by atoms with E-state index in [2.05, 4.69) is 27.7 Å². The molecule has 0 aromatic carbocycles. The molecule has 0 aliphatic heterocycles. The molecular weight excluding hydrogens is 186 g/mol. The average molecular weight is 215 g/mol. The van der Waals surface area contributed by atoms with Gasteiger partial charge in [-0.05, 0) is 37.1 Å². The van der Waals surface area contributed by atoms with E-state index in [1.165, 1.54) is 0 Å². The minimum absolute atomic E-state index is 0.213. The molecule has 0 aliphatic rings. The molecule has 2 heteroatoms. The second-order valence-corrected chi connectivity index (χ2v) is 4.97. The van der Waals surface area contributed by atoms with E-state index in [9.17, 15) is 5.11 Å². The molecule has 0 saturated carbocycles. The molecule has 0 spiro atoms. The van der Waals surface area contributed by atoms with Gasteiger partial charge < -0.3 is 10.8 Å². The minimum atomic E-state index is -0.213. The SMILES string of the molecule is CCCC(CCC)C(O)C(CN)C(C)C. The highest BCUT2D eigenvalue weighted by atomic mass is 16.3. The van der Waals surface area contributed by atoms with E-state index in [1.807, 2.05) is 0 Å². The largest absolute Gasteiger partial charge is 0.392 e. The van der Waals surface area contributed by atoms with Gasteiger partial charge in [0.05, 0.1) is 6.10 Å². The van der Waals surface area contributed by atoms with Gasteiger partial charge in [-0.15, -0.1) is 0 Å². The summed E-state index contributed by atoms with van der Waals surface area (Å²) in [5.74, 6) is 1.17. The molecule has 0 rings (SSSR count). The molecule has 0 bridgehead atoms. The van der Waals surface area contributed by atoms with E-state index in [0.29, 0.717) is 18.4 Å². The molecule has 0 saturated heterocycles. The Hall–Kier alpha value is -0.0800. The third kappa shape index (κ3) is 4.98. The van der Waals surface area contributed by atoms with E-state index in [-0.39, 0.29) is 12.0 Å². The lowest BCUT2D eigenvalue weighted by Crippen LogP contribution is -2.37. The average Bonchev–Trinajstić information content (AvgIpc) is 2.17. The van der Waals surface area contributed by atoms with Gasteiger partial charge in [-0.3, -0.25) is 0 Å². The zero-order chi connectivity index (χ0) is 11.8. The van der Waals surface area contributed by atoms with Crippen LogP contribution in [0.4, 0.5) is 0 Å². The topological polar surface area (TPSA) is 46.2 Å². The number of aliphatic hydroxyl groups excluding tert-OH is 1. The van der Waals surface area contributed by atoms with Crippen LogP contribution in [0.3, 0.4) is 0 Å². The first kappa shape index (κ1) is 14.9. The van der Waals surface area contributed by atoms with Crippen LogP contribution >= 0.6 is 0 Å². The number of aliphatic hydroxyl groups is 1. The highest BCUT2D eigenvalue weighted by Crippen LogP contribution is 2.26. The van der Waals surface area contributed by atoms with Crippen LogP contribution in [0.25, 0.3) is 0 Å². The predicted octanol–water partition coefficient (Wildman–Crippen LogP) is 2.79. The van der Waals surface area contributed by atoms with Crippen molar-refractivity contribution in [1.29, 1.82) is 0 Å². The van der Waals surface area contributed by atoms with Gasteiger partial charge in [0, 0.05) is 0 Å². The Morgan fingerprint density at radius 2 is 1.53 bits per heavy atom. The van der Waals surface area contributed by atoms with Crippen LogP contribution in [0.15, 0.2) is 0 Å². The Labute approximate surface area is 95.3 Å². The molecule has 0 fully saturated rings. The summed E-state index contributed by atoms with van der Waals surface area (Å²) in [6, 6.07) is 0. The Kier molecular flexibility index (Phi) is 8.07. The monoisotopic (exact) mass is 215 g/mol. The van der Waals surface area contributed by atoms with Crippen molar-refractivity contribution in [1.82, 2.24) is 0 Å². The first-order chi connectivity index (χ1) is 7.08. The van der Waals surface area contributed by atoms with Crippen LogP contribution in [-0.4, -0.2) is 17.8 Å². The van der Waals surface area contributed by atoms with Gasteiger partial charge in [0.15, 0.2) is 0 Å². The molecule has 0 aliphatic carbocycles. The minimum Gasteiger partial charge on any atom is -0.392 e. The summed E-state index contributed by atoms with van der Waals surface area (Å²) < 4.78 is 0. The van der Waals surface area contributed by atoms with E-state index in [1.54, 1.807) is 0 Å². The lowest BCUT2D eigenvalue weighted by atomic mass is 9.80. The molecule has 0 aromatic rings. The highest BCUT2D eigenvalue weighted by molar-refractivity contribution is 4.79. The molecule has 3 N–H and O–H groups in total. The summed E-state index contributed by atoms with van der Waals surface area (Å²) in [5, 5.41) is 10.3. The maximum absolute atomic E-state index is 10.3. The first-order valence-corrected chi connectivity index (χ1v) is 6.46. The maximum atomic E-state index is 10.3. The van der Waals surface area contributed by atoms with Gasteiger partial charge in [-0.25, -0.2) is 0 Å². The van der Waals surface area contributed by atoms with Crippen LogP contribution in [0.1, 0.15) is 53.4 Å². The quantitative estimate of drug-likeness (QED) is 0.654. The zero-order valence-corrected chi connectivity index (χ0v) is 10.9. The van der Waals surface area contributed by atoms with E-state index in [0.717, 1.165) is 25.7 Å². The Bertz CT molecular complexity index is 141. The predicted molar refractivity (Wildman–Crippen MR) is 66.7 cm³/mol. The second kappa shape index (κ2) is 8.12. The van der Waals surface area contributed by atoms with Gasteiger partial charge in [-0.1, -0.05) is 40.5 Å². The van der Waals surface area contributed by atoms with Crippen LogP contribution in [0, 0.1) is 17.8 Å². The van der Waals surface area contributed by atoms with Crippen molar-refractivity contribution in [2.24, 2.45) is 23.5 Å². The molecular formula is C13H29NO. The van der Waals surface area contributed by atoms with E-state index in [4.69, 9.17) is 5.73 Å². The van der Waals surface area contributed by atoms with Gasteiger partial charge >= 0.3 is 0 Å². The molecule has 15 heavy (non-hydrogen) atoms. The van der Waals surface area contributed by atoms with Crippen molar-refractivity contribution in [3.8, 4) is 0 Å². The van der Waals surface area contributed by atoms with Crippen LogP contribution in [0.5, 0.6) is 0 Å². The van der Waals surface area contributed by atoms with Crippen molar-refractivity contribution >= 4 is 0 Å². The van der Waals surface area contributed by atoms with E-state index >= 15 is 0 Å². The lowest BCUT2D eigenvalue weighted by Gasteiger charge is -2.31. The smallest absolute Gasteiger partial charge is 0.0611 e. The number of nitrogens with two attached hydrogens (primary N) is 1. The molecule has 0 amide bonds. The fraction of sp³-hybridized carbons (Fsp3) is 1.00. The zero-order valence-electron chi connectivity index (χ0n) is 10.9. The standard InChI is InChI=1S/C13H29NO/c1-5-7-11(8-6-2)13(15)12(9-14)10(3)4/h10-13,15H,5-9,14H2,1-4H3. The Morgan fingerprint density at radius 3 is 1.80 bits per heavy atom. The van der Waals surface area contributed by atoms with Crippen molar-refractivity contribution in [3.63, 3.8) is 0 Å². The van der Waals surface area contributed by atoms with Crippen molar-refractivity contribution < 1.29 is 5.11 Å². The summed E-state index contributed by atoms with van der Waals surface area (Å²) in [7, 11) is 0. The molecule has 2 atom stereocenters. The summed E-state index contributed by atoms with van der Waals surface area (Å²) in [6.07, 6.45) is 4.33. The number of rotatable bonds is 8. The van der Waals surface area contributed by atoms with E-state index < -0.39 is 0 Å². The normalized spacial score (nSPS) is 16.0. The second-order valence-electron chi connectivity index (χ2n) is 4.97. The highest BCUT2D eigenvalue weighted by Gasteiger charge is 2.27. The third-order valence-electron chi connectivity index (χ3n) is 3.37. The summed E-state index contributed by atoms with van der Waals surface area (Å²) in [5.41, 5.74) is 5.74. The molecule has 2 nitrogen and oxygen atoms in total. The van der Waals surface area contributed by atoms with Gasteiger partial charge in [-0.2, -0.15) is 0 Å². The summed E-state index contributed by atoms with van der Waals surface area (Å²) >= 11 is 0. The number of hydrogen-bond donors (Lipinski definition) is 2. The van der Waals surface area contributed by atoms with Crippen molar-refractivity contribution in [2.75, 3.05) is 6.54 Å². The summed E-state index contributed by atoms with van der Waals surface area (Å²) in [4.78, 5) is 0. The molecule has 0 heterocycles. The van der Waals surface area contributed by atoms with Crippen molar-refractivity contribution in [3.05, 3.63) is 0 Å². The first-order valence-electron chi connectivity index (χ1n) is 6.46. The Balaban J connectivity index is 4.36. The fourth-order valence-corrected chi connectivity index (χ4v) is 2.38. The van der Waals surface area contributed by atoms with Gasteiger partial charge in [0.1, 0.15) is 0 Å². The van der Waals surface area contributed by atoms with Crippen LogP contribution in [0.2, 0.25) is 0 Å². The molecule has 2 unspecified atom stereocenters. The van der Waals surface area contributed by atoms with Crippen molar-refractivity contribution in [2.45, 2.75) is 59.5 Å². The molecule has 92 valence electrons. The van der Waals surface area contributed by atoms with Crippen LogP contribution in [-0.2, 0) is 0 Å². The lowest BCUT2D eigenvalue weighted by molar-refractivity contribution is 0.0260. The van der Waals surface area contributed by atoms with Gasteiger partial charge in [0.25, 0.3) is 0 Å².